The van der Waals surface area contributed by atoms with Gasteiger partial charge in [-0.3, -0.25) is 0 Å². The lowest BCUT2D eigenvalue weighted by molar-refractivity contribution is 0.172. The number of rotatable bonds is 6. The van der Waals surface area contributed by atoms with Gasteiger partial charge in [0, 0.05) is 19.8 Å². The van der Waals surface area contributed by atoms with E-state index in [1.54, 1.807) is 7.11 Å². The van der Waals surface area contributed by atoms with Gasteiger partial charge in [-0.25, -0.2) is 0 Å². The molecular weight excluding hydrogens is 138 g/mol. The van der Waals surface area contributed by atoms with Crippen LogP contribution in [0.4, 0.5) is 0 Å². The summed E-state index contributed by atoms with van der Waals surface area (Å²) in [5.74, 6) is 0.704. The molecule has 0 radical (unpaired) electrons. The lowest BCUT2D eigenvalue weighted by Crippen LogP contribution is -2.32. The summed E-state index contributed by atoms with van der Waals surface area (Å²) in [5.41, 5.74) is 0. The van der Waals surface area contributed by atoms with Gasteiger partial charge in [0.1, 0.15) is 0 Å². The van der Waals surface area contributed by atoms with E-state index in [2.05, 4.69) is 26.1 Å². The Hall–Kier alpha value is -0.0800. The largest absolute Gasteiger partial charge is 0.385 e. The summed E-state index contributed by atoms with van der Waals surface area (Å²) in [7, 11) is 1.75. The Labute approximate surface area is 70.3 Å². The quantitative estimate of drug-likeness (QED) is 0.636. The highest BCUT2D eigenvalue weighted by Gasteiger charge is 2.09. The van der Waals surface area contributed by atoms with Gasteiger partial charge in [0.05, 0.1) is 0 Å². The van der Waals surface area contributed by atoms with E-state index in [0.29, 0.717) is 12.0 Å². The number of methoxy groups -OCH3 is 1. The molecule has 0 saturated heterocycles. The minimum atomic E-state index is 0.607. The third-order valence-corrected chi connectivity index (χ3v) is 2.16. The first-order chi connectivity index (χ1) is 5.22. The lowest BCUT2D eigenvalue weighted by atomic mass is 10.0. The van der Waals surface area contributed by atoms with Gasteiger partial charge in [-0.05, 0) is 25.8 Å². The molecule has 2 atom stereocenters. The predicted octanol–water partition coefficient (Wildman–Crippen LogP) is 1.66. The molecule has 0 rings (SSSR count). The third kappa shape index (κ3) is 5.22. The maximum atomic E-state index is 5.01. The van der Waals surface area contributed by atoms with Gasteiger partial charge in [0.25, 0.3) is 0 Å². The minimum absolute atomic E-state index is 0.607. The second-order valence-electron chi connectivity index (χ2n) is 3.11. The molecule has 0 aliphatic rings. The fourth-order valence-corrected chi connectivity index (χ4v) is 1.08. The molecule has 0 aliphatic heterocycles. The summed E-state index contributed by atoms with van der Waals surface area (Å²) in [6.07, 6.45) is 1.14. The number of hydrogen-bond acceptors (Lipinski definition) is 2. The fraction of sp³-hybridized carbons (Fsp3) is 1.00. The molecule has 11 heavy (non-hydrogen) atoms. The topological polar surface area (TPSA) is 21.3 Å². The first kappa shape index (κ1) is 10.9. The van der Waals surface area contributed by atoms with Crippen molar-refractivity contribution in [1.82, 2.24) is 5.32 Å². The van der Waals surface area contributed by atoms with E-state index in [0.717, 1.165) is 19.6 Å². The summed E-state index contributed by atoms with van der Waals surface area (Å²) in [4.78, 5) is 0. The molecule has 2 nitrogen and oxygen atoms in total. The summed E-state index contributed by atoms with van der Waals surface area (Å²) < 4.78 is 5.01. The second kappa shape index (κ2) is 6.62. The van der Waals surface area contributed by atoms with Crippen molar-refractivity contribution < 1.29 is 4.74 Å². The van der Waals surface area contributed by atoms with E-state index < -0.39 is 0 Å². The Morgan fingerprint density at radius 3 is 2.45 bits per heavy atom. The van der Waals surface area contributed by atoms with Crippen LogP contribution in [0, 0.1) is 5.92 Å². The van der Waals surface area contributed by atoms with E-state index in [1.165, 1.54) is 0 Å². The van der Waals surface area contributed by atoms with Gasteiger partial charge >= 0.3 is 0 Å². The van der Waals surface area contributed by atoms with Crippen molar-refractivity contribution in [2.24, 2.45) is 5.92 Å². The molecule has 0 saturated carbocycles. The zero-order chi connectivity index (χ0) is 8.69. The Kier molecular flexibility index (Phi) is 6.57. The second-order valence-corrected chi connectivity index (χ2v) is 3.11. The molecule has 2 unspecified atom stereocenters. The van der Waals surface area contributed by atoms with Crippen molar-refractivity contribution >= 4 is 0 Å². The number of hydrogen-bond donors (Lipinski definition) is 1. The van der Waals surface area contributed by atoms with Gasteiger partial charge in [-0.2, -0.15) is 0 Å². The summed E-state index contributed by atoms with van der Waals surface area (Å²) in [6.45, 7) is 8.55. The van der Waals surface area contributed by atoms with Crippen LogP contribution in [0.3, 0.4) is 0 Å². The van der Waals surface area contributed by atoms with Crippen LogP contribution < -0.4 is 5.32 Å². The van der Waals surface area contributed by atoms with Gasteiger partial charge in [-0.15, -0.1) is 0 Å². The molecule has 1 N–H and O–H groups in total. The molecule has 0 aliphatic carbocycles. The highest BCUT2D eigenvalue weighted by atomic mass is 16.5. The highest BCUT2D eigenvalue weighted by molar-refractivity contribution is 4.66. The highest BCUT2D eigenvalue weighted by Crippen LogP contribution is 2.06. The Morgan fingerprint density at radius 1 is 1.36 bits per heavy atom. The van der Waals surface area contributed by atoms with Gasteiger partial charge in [0.2, 0.25) is 0 Å². The molecule has 0 aromatic carbocycles. The first-order valence-electron chi connectivity index (χ1n) is 4.44. The van der Waals surface area contributed by atoms with Crippen LogP contribution in [-0.2, 0) is 4.74 Å². The molecule has 0 aromatic rings. The average molecular weight is 159 g/mol. The summed E-state index contributed by atoms with van der Waals surface area (Å²) in [6, 6.07) is 0.607. The van der Waals surface area contributed by atoms with Crippen molar-refractivity contribution in [3.05, 3.63) is 0 Å². The van der Waals surface area contributed by atoms with Crippen LogP contribution in [0.15, 0.2) is 0 Å². The normalized spacial score (nSPS) is 16.4. The maximum absolute atomic E-state index is 5.01. The molecule has 0 fully saturated rings. The zero-order valence-electron chi connectivity index (χ0n) is 8.18. The molecule has 0 aromatic heterocycles. The van der Waals surface area contributed by atoms with Crippen LogP contribution in [0.5, 0.6) is 0 Å². The molecule has 68 valence electrons. The molecule has 0 bridgehead atoms. The smallest absolute Gasteiger partial charge is 0.0465 e. The molecular formula is C9H21NO. The van der Waals surface area contributed by atoms with E-state index in [1.807, 2.05) is 0 Å². The Morgan fingerprint density at radius 2 is 2.00 bits per heavy atom. The Balaban J connectivity index is 3.38. The van der Waals surface area contributed by atoms with Crippen LogP contribution in [-0.4, -0.2) is 26.3 Å². The van der Waals surface area contributed by atoms with E-state index in [4.69, 9.17) is 4.74 Å². The standard InChI is InChI=1S/C9H21NO/c1-5-10-9(3)8(2)6-7-11-4/h8-10H,5-7H2,1-4H3. The van der Waals surface area contributed by atoms with E-state index in [9.17, 15) is 0 Å². The molecule has 0 heterocycles. The Bertz CT molecular complexity index is 85.6. The fourth-order valence-electron chi connectivity index (χ4n) is 1.08. The van der Waals surface area contributed by atoms with Crippen LogP contribution >= 0.6 is 0 Å². The van der Waals surface area contributed by atoms with Crippen molar-refractivity contribution in [2.75, 3.05) is 20.3 Å². The van der Waals surface area contributed by atoms with Crippen molar-refractivity contribution in [3.8, 4) is 0 Å². The van der Waals surface area contributed by atoms with Crippen molar-refractivity contribution in [3.63, 3.8) is 0 Å². The van der Waals surface area contributed by atoms with Gasteiger partial charge < -0.3 is 10.1 Å². The van der Waals surface area contributed by atoms with Crippen molar-refractivity contribution in [2.45, 2.75) is 33.2 Å². The number of ether oxygens (including phenoxy) is 1. The van der Waals surface area contributed by atoms with Gasteiger partial charge in [-0.1, -0.05) is 13.8 Å². The summed E-state index contributed by atoms with van der Waals surface area (Å²) in [5, 5.41) is 3.40. The maximum Gasteiger partial charge on any atom is 0.0465 e. The average Bonchev–Trinajstić information content (AvgIpc) is 2.00. The lowest BCUT2D eigenvalue weighted by Gasteiger charge is -2.19. The minimum Gasteiger partial charge on any atom is -0.385 e. The van der Waals surface area contributed by atoms with Crippen LogP contribution in [0.25, 0.3) is 0 Å². The van der Waals surface area contributed by atoms with Crippen LogP contribution in [0.2, 0.25) is 0 Å². The third-order valence-electron chi connectivity index (χ3n) is 2.16. The number of nitrogens with one attached hydrogen (secondary N) is 1. The van der Waals surface area contributed by atoms with E-state index >= 15 is 0 Å². The predicted molar refractivity (Wildman–Crippen MR) is 48.8 cm³/mol. The molecule has 0 spiro atoms. The van der Waals surface area contributed by atoms with Gasteiger partial charge in [0.15, 0.2) is 0 Å². The first-order valence-corrected chi connectivity index (χ1v) is 4.44. The SMILES string of the molecule is CCNC(C)C(C)CCOC. The monoisotopic (exact) mass is 159 g/mol. The van der Waals surface area contributed by atoms with E-state index in [-0.39, 0.29) is 0 Å². The zero-order valence-corrected chi connectivity index (χ0v) is 8.18. The molecule has 0 amide bonds. The van der Waals surface area contributed by atoms with Crippen molar-refractivity contribution in [1.29, 1.82) is 0 Å². The van der Waals surface area contributed by atoms with Crippen LogP contribution in [0.1, 0.15) is 27.2 Å². The summed E-state index contributed by atoms with van der Waals surface area (Å²) >= 11 is 0. The molecule has 2 heteroatoms.